The predicted octanol–water partition coefficient (Wildman–Crippen LogP) is 2.11. The molecule has 1 aromatic carbocycles. The van der Waals surface area contributed by atoms with Crippen molar-refractivity contribution in [3.8, 4) is 11.4 Å². The number of rotatable bonds is 4. The van der Waals surface area contributed by atoms with Crippen LogP contribution in [0.25, 0.3) is 22.3 Å². The second kappa shape index (κ2) is 8.15. The molecule has 0 saturated carbocycles. The number of nitrogens with one attached hydrogen (secondary N) is 1. The van der Waals surface area contributed by atoms with Crippen LogP contribution in [-0.4, -0.2) is 38.2 Å². The third-order valence-electron chi connectivity index (χ3n) is 7.79. The molecule has 3 aliphatic rings. The van der Waals surface area contributed by atoms with Gasteiger partial charge in [-0.1, -0.05) is 13.0 Å². The van der Waals surface area contributed by atoms with Gasteiger partial charge in [-0.05, 0) is 42.5 Å². The summed E-state index contributed by atoms with van der Waals surface area (Å²) in [5.74, 6) is -1.44. The number of alkyl halides is 2. The van der Waals surface area contributed by atoms with E-state index in [4.69, 9.17) is 9.72 Å². The zero-order valence-electron chi connectivity index (χ0n) is 19.8. The molecule has 1 aliphatic carbocycles. The Labute approximate surface area is 208 Å². The number of hydrogen-bond acceptors (Lipinski definition) is 7. The molecular weight excluding hydrogens is 488 g/mol. The first-order valence-corrected chi connectivity index (χ1v) is 12.0. The third-order valence-corrected chi connectivity index (χ3v) is 7.79. The Balaban J connectivity index is 1.65. The van der Waals surface area contributed by atoms with Crippen molar-refractivity contribution in [1.82, 2.24) is 14.9 Å². The van der Waals surface area contributed by atoms with E-state index in [0.717, 1.165) is 0 Å². The summed E-state index contributed by atoms with van der Waals surface area (Å²) in [4.78, 5) is 42.9. The minimum Gasteiger partial charge on any atom is -0.458 e. The van der Waals surface area contributed by atoms with Crippen molar-refractivity contribution >= 4 is 22.8 Å². The lowest BCUT2D eigenvalue weighted by molar-refractivity contribution is -0.172. The van der Waals surface area contributed by atoms with E-state index in [2.05, 4.69) is 5.32 Å². The van der Waals surface area contributed by atoms with Gasteiger partial charge in [-0.25, -0.2) is 18.6 Å². The number of carbonyl (C=O) groups is 2. The highest BCUT2D eigenvalue weighted by Gasteiger charge is 2.46. The number of benzene rings is 1. The summed E-state index contributed by atoms with van der Waals surface area (Å²) in [7, 11) is 0. The Bertz CT molecular complexity index is 1580. The van der Waals surface area contributed by atoms with Crippen molar-refractivity contribution in [3.63, 3.8) is 0 Å². The lowest BCUT2D eigenvalue weighted by Gasteiger charge is -2.31. The maximum absolute atomic E-state index is 13.9. The number of aromatic nitrogens is 2. The van der Waals surface area contributed by atoms with E-state index in [-0.39, 0.29) is 42.7 Å². The molecule has 0 bridgehead atoms. The number of halogens is 2. The normalized spacial score (nSPS) is 21.5. The molecule has 2 atom stereocenters. The highest BCUT2D eigenvalue weighted by atomic mass is 19.3. The van der Waals surface area contributed by atoms with Crippen LogP contribution < -0.4 is 10.9 Å². The van der Waals surface area contributed by atoms with Gasteiger partial charge in [0, 0.05) is 22.1 Å². The zero-order valence-corrected chi connectivity index (χ0v) is 19.8. The number of fused-ring (bicyclic) bond motifs is 5. The summed E-state index contributed by atoms with van der Waals surface area (Å²) in [6.45, 7) is 0.678. The molecule has 6 rings (SSSR count). The number of aryl methyl sites for hydroxylation is 1. The van der Waals surface area contributed by atoms with Crippen molar-refractivity contribution in [2.45, 2.75) is 57.4 Å². The number of cyclic esters (lactones) is 1. The number of pyridine rings is 2. The number of nitrogens with zero attached hydrogens (tertiary/aromatic N) is 2. The molecule has 192 valence electrons. The van der Waals surface area contributed by atoms with E-state index < -0.39 is 42.1 Å². The van der Waals surface area contributed by atoms with Crippen LogP contribution in [0.2, 0.25) is 0 Å². The van der Waals surface area contributed by atoms with Gasteiger partial charge in [0.2, 0.25) is 5.91 Å². The average Bonchev–Trinajstić information content (AvgIpc) is 3.26. The monoisotopic (exact) mass is 511 g/mol. The van der Waals surface area contributed by atoms with E-state index >= 15 is 0 Å². The van der Waals surface area contributed by atoms with Crippen molar-refractivity contribution < 1.29 is 33.3 Å². The van der Waals surface area contributed by atoms with Gasteiger partial charge in [-0.3, -0.25) is 9.59 Å². The molecule has 3 N–H and O–H groups in total. The molecule has 3 aromatic rings. The highest BCUT2D eigenvalue weighted by molar-refractivity contribution is 5.94. The van der Waals surface area contributed by atoms with Crippen molar-refractivity contribution in [1.29, 1.82) is 0 Å². The minimum absolute atomic E-state index is 0.0000131. The molecule has 0 spiro atoms. The summed E-state index contributed by atoms with van der Waals surface area (Å²) in [6.07, 6.45) is -2.08. The fourth-order valence-corrected chi connectivity index (χ4v) is 5.97. The van der Waals surface area contributed by atoms with Gasteiger partial charge in [0.05, 0.1) is 35.1 Å². The Morgan fingerprint density at radius 3 is 2.78 bits per heavy atom. The van der Waals surface area contributed by atoms with Gasteiger partial charge in [0.25, 0.3) is 12.0 Å². The van der Waals surface area contributed by atoms with Crippen LogP contribution in [0, 0.1) is 0 Å². The van der Waals surface area contributed by atoms with E-state index in [1.807, 2.05) is 0 Å². The Kier molecular flexibility index (Phi) is 5.22. The maximum atomic E-state index is 13.9. The molecule has 0 fully saturated rings. The third kappa shape index (κ3) is 3.20. The number of carbonyl (C=O) groups excluding carboxylic acids is 2. The van der Waals surface area contributed by atoms with Crippen LogP contribution >= 0.6 is 0 Å². The summed E-state index contributed by atoms with van der Waals surface area (Å²) in [5.41, 5.74) is 0.683. The molecule has 2 aliphatic heterocycles. The van der Waals surface area contributed by atoms with Crippen LogP contribution in [0.3, 0.4) is 0 Å². The van der Waals surface area contributed by atoms with Crippen molar-refractivity contribution in [2.75, 3.05) is 6.61 Å². The molecular formula is C26H23F2N3O6. The number of hydrogen-bond donors (Lipinski definition) is 3. The maximum Gasteiger partial charge on any atom is 0.343 e. The largest absolute Gasteiger partial charge is 0.458 e. The number of ether oxygens (including phenoxy) is 1. The molecule has 1 amide bonds. The quantitative estimate of drug-likeness (QED) is 0.358. The van der Waals surface area contributed by atoms with Crippen molar-refractivity contribution in [2.24, 2.45) is 0 Å². The molecule has 37 heavy (non-hydrogen) atoms. The van der Waals surface area contributed by atoms with Gasteiger partial charge in [0.1, 0.15) is 13.2 Å². The minimum atomic E-state index is -2.69. The number of aliphatic hydroxyl groups is 2. The Hall–Kier alpha value is -3.70. The summed E-state index contributed by atoms with van der Waals surface area (Å²) >= 11 is 0. The second-order valence-electron chi connectivity index (χ2n) is 9.60. The van der Waals surface area contributed by atoms with Gasteiger partial charge in [-0.15, -0.1) is 0 Å². The van der Waals surface area contributed by atoms with E-state index in [1.165, 1.54) is 16.7 Å². The summed E-state index contributed by atoms with van der Waals surface area (Å²) in [5, 5.41) is 23.7. The lowest BCUT2D eigenvalue weighted by atomic mass is 9.81. The van der Waals surface area contributed by atoms with Crippen LogP contribution in [0.1, 0.15) is 65.6 Å². The van der Waals surface area contributed by atoms with Gasteiger partial charge < -0.3 is 24.8 Å². The lowest BCUT2D eigenvalue weighted by Crippen LogP contribution is -2.44. The first kappa shape index (κ1) is 23.7. The molecule has 0 saturated heterocycles. The topological polar surface area (TPSA) is 131 Å². The van der Waals surface area contributed by atoms with E-state index in [1.54, 1.807) is 13.0 Å². The SMILES string of the molecule is CC[C@@]1(O)C(=O)OCc2c1cc1n(c2=O)Cc2c-1nc1ccc(C(F)F)c3c1c2C(NC(=O)CO)CC3. The number of aliphatic hydroxyl groups excluding tert-OH is 1. The summed E-state index contributed by atoms with van der Waals surface area (Å²) in [6, 6.07) is 3.84. The highest BCUT2D eigenvalue weighted by Crippen LogP contribution is 2.46. The van der Waals surface area contributed by atoms with E-state index in [0.29, 0.717) is 45.4 Å². The van der Waals surface area contributed by atoms with Gasteiger partial charge >= 0.3 is 5.97 Å². The molecule has 0 radical (unpaired) electrons. The van der Waals surface area contributed by atoms with Gasteiger partial charge in [0.15, 0.2) is 5.60 Å². The smallest absolute Gasteiger partial charge is 0.343 e. The summed E-state index contributed by atoms with van der Waals surface area (Å²) < 4.78 is 34.3. The number of esters is 1. The molecule has 1 unspecified atom stereocenters. The Morgan fingerprint density at radius 1 is 1.30 bits per heavy atom. The van der Waals surface area contributed by atoms with Crippen LogP contribution in [-0.2, 0) is 39.5 Å². The van der Waals surface area contributed by atoms with Crippen LogP contribution in [0.4, 0.5) is 8.78 Å². The number of amides is 1. The molecule has 2 aromatic heterocycles. The molecule has 4 heterocycles. The van der Waals surface area contributed by atoms with E-state index in [9.17, 15) is 33.4 Å². The Morgan fingerprint density at radius 2 is 2.08 bits per heavy atom. The first-order valence-electron chi connectivity index (χ1n) is 12.0. The van der Waals surface area contributed by atoms with Crippen LogP contribution in [0.5, 0.6) is 0 Å². The predicted molar refractivity (Wildman–Crippen MR) is 126 cm³/mol. The standard InChI is InChI=1S/C26H23F2N3O6/c1-2-26(36)15-7-18-22-13(8-31(18)24(34)14(15)10-37-25(26)35)21-16(29-19(33)9-32)5-3-11-12(23(27)28)4-6-17(30-22)20(11)21/h4,6-7,16,23,32,36H,2-3,5,8-10H2,1H3,(H,29,33)/t16?,26-/m0/s1. The zero-order chi connectivity index (χ0) is 26.2. The van der Waals surface area contributed by atoms with Gasteiger partial charge in [-0.2, -0.15) is 0 Å². The molecule has 9 nitrogen and oxygen atoms in total. The molecule has 11 heteroatoms. The second-order valence-corrected chi connectivity index (χ2v) is 9.60. The van der Waals surface area contributed by atoms with Crippen LogP contribution in [0.15, 0.2) is 23.0 Å². The first-order chi connectivity index (χ1) is 17.7. The fraction of sp³-hybridized carbons (Fsp3) is 0.385. The average molecular weight is 511 g/mol. The van der Waals surface area contributed by atoms with Crippen molar-refractivity contribution in [3.05, 3.63) is 61.9 Å². The fourth-order valence-electron chi connectivity index (χ4n) is 5.97.